The van der Waals surface area contributed by atoms with Crippen molar-refractivity contribution in [3.63, 3.8) is 0 Å². The van der Waals surface area contributed by atoms with Gasteiger partial charge in [0.1, 0.15) is 11.3 Å². The molecule has 3 rings (SSSR count). The minimum atomic E-state index is -0.788. The number of aromatic nitrogens is 2. The lowest BCUT2D eigenvalue weighted by atomic mass is 9.92. The smallest absolute Gasteiger partial charge is 0.274 e. The van der Waals surface area contributed by atoms with E-state index in [1.54, 1.807) is 4.90 Å². The third-order valence-electron chi connectivity index (χ3n) is 4.21. The Labute approximate surface area is 141 Å². The van der Waals surface area contributed by atoms with Crippen LogP contribution in [-0.4, -0.2) is 57.8 Å². The van der Waals surface area contributed by atoms with E-state index in [0.717, 1.165) is 11.1 Å². The van der Waals surface area contributed by atoms with Gasteiger partial charge in [-0.1, -0.05) is 29.8 Å². The molecule has 0 bridgehead atoms. The maximum absolute atomic E-state index is 12.6. The molecule has 0 radical (unpaired) electrons. The van der Waals surface area contributed by atoms with Crippen LogP contribution in [0.1, 0.15) is 21.6 Å². The largest absolute Gasteiger partial charge is 0.393 e. The van der Waals surface area contributed by atoms with Gasteiger partial charge in [-0.2, -0.15) is 0 Å². The average Bonchev–Trinajstić information content (AvgIpc) is 2.62. The van der Waals surface area contributed by atoms with Crippen LogP contribution >= 0.6 is 0 Å². The van der Waals surface area contributed by atoms with Gasteiger partial charge in [0.05, 0.1) is 26.0 Å². The van der Waals surface area contributed by atoms with Crippen molar-refractivity contribution in [3.8, 4) is 0 Å². The minimum absolute atomic E-state index is 0.148. The lowest BCUT2D eigenvalue weighted by Gasteiger charge is -2.41. The van der Waals surface area contributed by atoms with Crippen molar-refractivity contribution >= 4 is 5.91 Å². The third kappa shape index (κ3) is 3.60. The van der Waals surface area contributed by atoms with E-state index >= 15 is 0 Å². The Kier molecular flexibility index (Phi) is 4.87. The van der Waals surface area contributed by atoms with Gasteiger partial charge in [-0.25, -0.2) is 4.98 Å². The second-order valence-corrected chi connectivity index (χ2v) is 6.17. The van der Waals surface area contributed by atoms with E-state index in [9.17, 15) is 9.90 Å². The maximum atomic E-state index is 12.6. The SMILES string of the molecule is Cc1cccc(C[C@]2(CO)CN(C(=O)c3cnccn3)CCO2)c1. The number of amides is 1. The number of rotatable bonds is 4. The molecule has 1 aromatic heterocycles. The summed E-state index contributed by atoms with van der Waals surface area (Å²) in [7, 11) is 0. The number of aliphatic hydroxyl groups is 1. The predicted molar refractivity (Wildman–Crippen MR) is 88.6 cm³/mol. The third-order valence-corrected chi connectivity index (χ3v) is 4.21. The molecule has 1 saturated heterocycles. The van der Waals surface area contributed by atoms with Gasteiger partial charge in [0.2, 0.25) is 0 Å². The van der Waals surface area contributed by atoms with Crippen molar-refractivity contribution in [1.82, 2.24) is 14.9 Å². The highest BCUT2D eigenvalue weighted by atomic mass is 16.5. The number of hydrogen-bond acceptors (Lipinski definition) is 5. The van der Waals surface area contributed by atoms with Gasteiger partial charge in [-0.15, -0.1) is 0 Å². The monoisotopic (exact) mass is 327 g/mol. The summed E-state index contributed by atoms with van der Waals surface area (Å²) in [5.74, 6) is -0.187. The zero-order chi connectivity index (χ0) is 17.0. The molecule has 1 aliphatic rings. The molecule has 126 valence electrons. The molecule has 6 heteroatoms. The van der Waals surface area contributed by atoms with Crippen LogP contribution in [-0.2, 0) is 11.2 Å². The first-order chi connectivity index (χ1) is 11.6. The lowest BCUT2D eigenvalue weighted by Crippen LogP contribution is -2.57. The fraction of sp³-hybridized carbons (Fsp3) is 0.389. The van der Waals surface area contributed by atoms with Crippen molar-refractivity contribution in [1.29, 1.82) is 0 Å². The average molecular weight is 327 g/mol. The van der Waals surface area contributed by atoms with Crippen LogP contribution < -0.4 is 0 Å². The molecule has 1 fully saturated rings. The van der Waals surface area contributed by atoms with E-state index in [0.29, 0.717) is 31.8 Å². The van der Waals surface area contributed by atoms with Gasteiger partial charge in [0.25, 0.3) is 5.91 Å². The number of ether oxygens (including phenoxy) is 1. The van der Waals surface area contributed by atoms with Crippen molar-refractivity contribution in [2.45, 2.75) is 18.9 Å². The van der Waals surface area contributed by atoms with Crippen LogP contribution in [0.15, 0.2) is 42.9 Å². The lowest BCUT2D eigenvalue weighted by molar-refractivity contribution is -0.123. The molecule has 1 amide bonds. The number of nitrogens with zero attached hydrogens (tertiary/aromatic N) is 3. The summed E-state index contributed by atoms with van der Waals surface area (Å²) < 4.78 is 5.89. The highest BCUT2D eigenvalue weighted by molar-refractivity contribution is 5.92. The van der Waals surface area contributed by atoms with Crippen molar-refractivity contribution < 1.29 is 14.6 Å². The Bertz CT molecular complexity index is 708. The summed E-state index contributed by atoms with van der Waals surface area (Å²) in [5.41, 5.74) is 1.76. The molecule has 1 aliphatic heterocycles. The molecule has 0 saturated carbocycles. The number of benzene rings is 1. The number of hydrogen-bond donors (Lipinski definition) is 1. The Hall–Kier alpha value is -2.31. The van der Waals surface area contributed by atoms with Crippen LogP contribution in [0.5, 0.6) is 0 Å². The second kappa shape index (κ2) is 7.07. The standard InChI is InChI=1S/C18H21N3O3/c1-14-3-2-4-15(9-14)10-18(13-22)12-21(7-8-24-18)17(23)16-11-19-5-6-20-16/h2-6,9,11,22H,7-8,10,12-13H2,1H3/t18-/m1/s1. The van der Waals surface area contributed by atoms with Crippen LogP contribution in [0, 0.1) is 6.92 Å². The molecule has 2 aromatic rings. The number of carbonyl (C=O) groups excluding carboxylic acids is 1. The Morgan fingerprint density at radius 3 is 3.00 bits per heavy atom. The van der Waals surface area contributed by atoms with Crippen molar-refractivity contribution in [3.05, 3.63) is 59.7 Å². The molecule has 24 heavy (non-hydrogen) atoms. The van der Waals surface area contributed by atoms with Gasteiger partial charge >= 0.3 is 0 Å². The summed E-state index contributed by atoms with van der Waals surface area (Å²) in [6.45, 7) is 3.07. The molecule has 1 N–H and O–H groups in total. The topological polar surface area (TPSA) is 75.5 Å². The molecule has 0 spiro atoms. The Morgan fingerprint density at radius 1 is 1.42 bits per heavy atom. The van der Waals surface area contributed by atoms with E-state index < -0.39 is 5.60 Å². The van der Waals surface area contributed by atoms with Crippen LogP contribution in [0.2, 0.25) is 0 Å². The molecular weight excluding hydrogens is 306 g/mol. The first kappa shape index (κ1) is 16.5. The van der Waals surface area contributed by atoms with E-state index in [1.165, 1.54) is 18.6 Å². The molecular formula is C18H21N3O3. The fourth-order valence-electron chi connectivity index (χ4n) is 3.04. The molecule has 0 unspecified atom stereocenters. The molecule has 1 aromatic carbocycles. The summed E-state index contributed by atoms with van der Waals surface area (Å²) in [6, 6.07) is 8.10. The zero-order valence-electron chi connectivity index (χ0n) is 13.7. The van der Waals surface area contributed by atoms with Gasteiger partial charge in [-0.3, -0.25) is 9.78 Å². The van der Waals surface area contributed by atoms with Gasteiger partial charge in [0.15, 0.2) is 0 Å². The van der Waals surface area contributed by atoms with Crippen LogP contribution in [0.25, 0.3) is 0 Å². The number of morpholine rings is 1. The highest BCUT2D eigenvalue weighted by Gasteiger charge is 2.38. The molecule has 0 aliphatic carbocycles. The van der Waals surface area contributed by atoms with E-state index in [-0.39, 0.29) is 12.5 Å². The number of aliphatic hydroxyl groups excluding tert-OH is 1. The first-order valence-corrected chi connectivity index (χ1v) is 7.98. The van der Waals surface area contributed by atoms with Crippen molar-refractivity contribution in [2.75, 3.05) is 26.3 Å². The Morgan fingerprint density at radius 2 is 2.29 bits per heavy atom. The van der Waals surface area contributed by atoms with Gasteiger partial charge in [-0.05, 0) is 12.5 Å². The normalized spacial score (nSPS) is 20.8. The summed E-state index contributed by atoms with van der Waals surface area (Å²) in [5, 5.41) is 9.95. The molecule has 2 heterocycles. The van der Waals surface area contributed by atoms with Crippen LogP contribution in [0.4, 0.5) is 0 Å². The van der Waals surface area contributed by atoms with E-state index in [4.69, 9.17) is 4.74 Å². The van der Waals surface area contributed by atoms with Crippen LogP contribution in [0.3, 0.4) is 0 Å². The summed E-state index contributed by atoms with van der Waals surface area (Å²) in [4.78, 5) is 22.3. The number of carbonyl (C=O) groups is 1. The van der Waals surface area contributed by atoms with E-state index in [1.807, 2.05) is 25.1 Å². The first-order valence-electron chi connectivity index (χ1n) is 7.98. The summed E-state index contributed by atoms with van der Waals surface area (Å²) >= 11 is 0. The van der Waals surface area contributed by atoms with Gasteiger partial charge < -0.3 is 14.7 Å². The van der Waals surface area contributed by atoms with Crippen molar-refractivity contribution in [2.24, 2.45) is 0 Å². The maximum Gasteiger partial charge on any atom is 0.274 e. The highest BCUT2D eigenvalue weighted by Crippen LogP contribution is 2.24. The Balaban J connectivity index is 1.78. The van der Waals surface area contributed by atoms with Gasteiger partial charge in [0, 0.05) is 25.4 Å². The zero-order valence-corrected chi connectivity index (χ0v) is 13.7. The quantitative estimate of drug-likeness (QED) is 0.914. The minimum Gasteiger partial charge on any atom is -0.393 e. The van der Waals surface area contributed by atoms with E-state index in [2.05, 4.69) is 16.0 Å². The second-order valence-electron chi connectivity index (χ2n) is 6.17. The summed E-state index contributed by atoms with van der Waals surface area (Å²) in [6.07, 6.45) is 5.04. The predicted octanol–water partition coefficient (Wildman–Crippen LogP) is 1.23. The molecule has 1 atom stereocenters. The number of aryl methyl sites for hydroxylation is 1. The molecule has 6 nitrogen and oxygen atoms in total. The fourth-order valence-corrected chi connectivity index (χ4v) is 3.04.